The lowest BCUT2D eigenvalue weighted by atomic mass is 9.73. The van der Waals surface area contributed by atoms with Crippen LogP contribution in [-0.2, 0) is 0 Å². The maximum absolute atomic E-state index is 6.37. The van der Waals surface area contributed by atoms with Crippen molar-refractivity contribution in [1.82, 2.24) is 4.98 Å². The molecule has 3 nitrogen and oxygen atoms in total. The molecular formula is C16H22N2O. The molecule has 0 unspecified atom stereocenters. The van der Waals surface area contributed by atoms with Crippen LogP contribution in [0.15, 0.2) is 12.3 Å². The van der Waals surface area contributed by atoms with Gasteiger partial charge < -0.3 is 10.5 Å². The second-order valence-corrected chi connectivity index (χ2v) is 7.36. The molecule has 0 saturated heterocycles. The zero-order valence-corrected chi connectivity index (χ0v) is 11.8. The van der Waals surface area contributed by atoms with Crippen molar-refractivity contribution < 1.29 is 4.74 Å². The number of ether oxygens (including phenoxy) is 1. The van der Waals surface area contributed by atoms with Crippen molar-refractivity contribution in [3.05, 3.63) is 23.4 Å². The highest BCUT2D eigenvalue weighted by atomic mass is 16.5. The third-order valence-corrected chi connectivity index (χ3v) is 5.39. The van der Waals surface area contributed by atoms with Gasteiger partial charge in [-0.05, 0) is 48.6 Å². The molecule has 3 aliphatic rings. The topological polar surface area (TPSA) is 48.1 Å². The van der Waals surface area contributed by atoms with E-state index in [0.29, 0.717) is 11.3 Å². The Balaban J connectivity index is 1.67. The Bertz CT molecular complexity index is 534. The molecule has 1 aromatic rings. The molecule has 1 aromatic heterocycles. The fourth-order valence-electron chi connectivity index (χ4n) is 3.70. The highest BCUT2D eigenvalue weighted by Gasteiger charge is 2.48. The van der Waals surface area contributed by atoms with Crippen LogP contribution in [0.1, 0.15) is 69.0 Å². The lowest BCUT2D eigenvalue weighted by Gasteiger charge is -2.46. The summed E-state index contributed by atoms with van der Waals surface area (Å²) in [7, 11) is 0. The van der Waals surface area contributed by atoms with Crippen LogP contribution in [0.2, 0.25) is 0 Å². The van der Waals surface area contributed by atoms with E-state index in [9.17, 15) is 0 Å². The molecule has 1 spiro atoms. The van der Waals surface area contributed by atoms with Crippen LogP contribution < -0.4 is 10.5 Å². The number of pyridine rings is 1. The zero-order valence-electron chi connectivity index (χ0n) is 11.8. The summed E-state index contributed by atoms with van der Waals surface area (Å²) in [6.45, 7) is 4.63. The first-order chi connectivity index (χ1) is 8.99. The maximum atomic E-state index is 6.37. The van der Waals surface area contributed by atoms with E-state index in [1.807, 2.05) is 6.20 Å². The lowest BCUT2D eigenvalue weighted by Crippen LogP contribution is -2.48. The van der Waals surface area contributed by atoms with E-state index in [4.69, 9.17) is 10.5 Å². The van der Waals surface area contributed by atoms with E-state index >= 15 is 0 Å². The number of hydrogen-bond acceptors (Lipinski definition) is 3. The Morgan fingerprint density at radius 2 is 2.05 bits per heavy atom. The maximum Gasteiger partial charge on any atom is 0.218 e. The van der Waals surface area contributed by atoms with Crippen molar-refractivity contribution >= 4 is 0 Å². The van der Waals surface area contributed by atoms with Crippen molar-refractivity contribution in [2.45, 2.75) is 63.5 Å². The summed E-state index contributed by atoms with van der Waals surface area (Å²) in [6.07, 6.45) is 7.75. The van der Waals surface area contributed by atoms with Crippen LogP contribution >= 0.6 is 0 Å². The Morgan fingerprint density at radius 3 is 2.63 bits per heavy atom. The molecule has 0 amide bonds. The highest BCUT2D eigenvalue weighted by molar-refractivity contribution is 5.39. The van der Waals surface area contributed by atoms with E-state index in [-0.39, 0.29) is 11.6 Å². The van der Waals surface area contributed by atoms with Gasteiger partial charge in [-0.2, -0.15) is 0 Å². The van der Waals surface area contributed by atoms with Crippen molar-refractivity contribution in [1.29, 1.82) is 0 Å². The van der Waals surface area contributed by atoms with Gasteiger partial charge in [0.1, 0.15) is 5.60 Å². The quantitative estimate of drug-likeness (QED) is 0.840. The monoisotopic (exact) mass is 258 g/mol. The zero-order chi connectivity index (χ0) is 13.3. The molecule has 0 aromatic carbocycles. The average molecular weight is 258 g/mol. The normalized spacial score (nSPS) is 33.2. The van der Waals surface area contributed by atoms with Crippen LogP contribution in [-0.4, -0.2) is 10.6 Å². The summed E-state index contributed by atoms with van der Waals surface area (Å²) in [4.78, 5) is 4.57. The summed E-state index contributed by atoms with van der Waals surface area (Å²) in [5.74, 6) is 1.44. The molecule has 0 radical (unpaired) electrons. The minimum absolute atomic E-state index is 0.0137. The van der Waals surface area contributed by atoms with E-state index in [0.717, 1.165) is 30.7 Å². The molecule has 2 atom stereocenters. The fraction of sp³-hybridized carbons (Fsp3) is 0.688. The van der Waals surface area contributed by atoms with Crippen LogP contribution in [0, 0.1) is 5.41 Å². The highest BCUT2D eigenvalue weighted by Crippen LogP contribution is 2.59. The van der Waals surface area contributed by atoms with Crippen molar-refractivity contribution in [2.24, 2.45) is 11.1 Å². The van der Waals surface area contributed by atoms with Crippen LogP contribution in [0.4, 0.5) is 0 Å². The van der Waals surface area contributed by atoms with Gasteiger partial charge in [0.15, 0.2) is 0 Å². The van der Waals surface area contributed by atoms with Gasteiger partial charge in [0.05, 0.1) is 0 Å². The number of rotatable bonds is 1. The molecule has 4 rings (SSSR count). The summed E-state index contributed by atoms with van der Waals surface area (Å²) < 4.78 is 6.14. The molecule has 0 bridgehead atoms. The Morgan fingerprint density at radius 1 is 1.32 bits per heavy atom. The van der Waals surface area contributed by atoms with Gasteiger partial charge in [0, 0.05) is 24.2 Å². The van der Waals surface area contributed by atoms with E-state index in [1.165, 1.54) is 18.4 Å². The lowest BCUT2D eigenvalue weighted by molar-refractivity contribution is -0.0369. The molecule has 3 heteroatoms. The molecular weight excluding hydrogens is 236 g/mol. The standard InChI is InChI=1S/C16H22N2O/c1-15(2)7-12(15)10-6-11-13(17)8-16(4-3-5-16)19-14(11)18-9-10/h6,9,12-13H,3-5,7-8,17H2,1-2H3/t12-,13+/m1/s1. The number of nitrogens with zero attached hydrogens (tertiary/aromatic N) is 1. The molecule has 2 aliphatic carbocycles. The van der Waals surface area contributed by atoms with Gasteiger partial charge in [-0.15, -0.1) is 0 Å². The Hall–Kier alpha value is -1.09. The van der Waals surface area contributed by atoms with Gasteiger partial charge in [-0.25, -0.2) is 4.98 Å². The van der Waals surface area contributed by atoms with E-state index < -0.39 is 0 Å². The van der Waals surface area contributed by atoms with Crippen LogP contribution in [0.25, 0.3) is 0 Å². The van der Waals surface area contributed by atoms with Gasteiger partial charge in [0.25, 0.3) is 0 Å². The number of nitrogens with two attached hydrogens (primary N) is 1. The van der Waals surface area contributed by atoms with Gasteiger partial charge >= 0.3 is 0 Å². The van der Waals surface area contributed by atoms with Crippen LogP contribution in [0.5, 0.6) is 5.88 Å². The number of hydrogen-bond donors (Lipinski definition) is 1. The molecule has 1 aliphatic heterocycles. The second-order valence-electron chi connectivity index (χ2n) is 7.36. The molecule has 2 N–H and O–H groups in total. The third-order valence-electron chi connectivity index (χ3n) is 5.39. The molecule has 2 saturated carbocycles. The predicted molar refractivity (Wildman–Crippen MR) is 74.1 cm³/mol. The minimum atomic E-state index is 0.0137. The summed E-state index contributed by atoms with van der Waals surface area (Å²) in [5.41, 5.74) is 9.28. The van der Waals surface area contributed by atoms with Crippen molar-refractivity contribution in [3.8, 4) is 5.88 Å². The summed E-state index contributed by atoms with van der Waals surface area (Å²) >= 11 is 0. The summed E-state index contributed by atoms with van der Waals surface area (Å²) in [5, 5.41) is 0. The predicted octanol–water partition coefficient (Wildman–Crippen LogP) is 3.30. The molecule has 102 valence electrons. The minimum Gasteiger partial charge on any atom is -0.471 e. The van der Waals surface area contributed by atoms with E-state index in [1.54, 1.807) is 0 Å². The van der Waals surface area contributed by atoms with E-state index in [2.05, 4.69) is 24.9 Å². The first-order valence-corrected chi connectivity index (χ1v) is 7.44. The number of aromatic nitrogens is 1. The SMILES string of the molecule is CC1(C)C[C@@H]1c1cnc2c(c1)[C@@H](N)CC1(CCC1)O2. The van der Waals surface area contributed by atoms with Crippen molar-refractivity contribution in [2.75, 3.05) is 0 Å². The average Bonchev–Trinajstić information content (AvgIpc) is 2.96. The third kappa shape index (κ3) is 1.71. The second kappa shape index (κ2) is 3.51. The number of fused-ring (bicyclic) bond motifs is 1. The molecule has 2 heterocycles. The summed E-state index contributed by atoms with van der Waals surface area (Å²) in [6, 6.07) is 2.34. The Kier molecular flexibility index (Phi) is 2.17. The first-order valence-electron chi connectivity index (χ1n) is 7.44. The Labute approximate surface area is 114 Å². The van der Waals surface area contributed by atoms with Gasteiger partial charge in [-0.1, -0.05) is 13.8 Å². The van der Waals surface area contributed by atoms with Crippen molar-refractivity contribution in [3.63, 3.8) is 0 Å². The van der Waals surface area contributed by atoms with Crippen LogP contribution in [0.3, 0.4) is 0 Å². The molecule has 2 fully saturated rings. The first kappa shape index (κ1) is 11.7. The largest absolute Gasteiger partial charge is 0.471 e. The van der Waals surface area contributed by atoms with Gasteiger partial charge in [-0.3, -0.25) is 0 Å². The molecule has 19 heavy (non-hydrogen) atoms. The van der Waals surface area contributed by atoms with Gasteiger partial charge in [0.2, 0.25) is 5.88 Å². The fourth-order valence-corrected chi connectivity index (χ4v) is 3.70. The smallest absolute Gasteiger partial charge is 0.218 e.